The Morgan fingerprint density at radius 2 is 1.27 bits per heavy atom. The van der Waals surface area contributed by atoms with E-state index in [1.807, 2.05) is 0 Å². The summed E-state index contributed by atoms with van der Waals surface area (Å²) in [5, 5.41) is 10.5. The molecule has 0 amide bonds. The van der Waals surface area contributed by atoms with Gasteiger partial charge >= 0.3 is 0 Å². The molecule has 1 aromatic heterocycles. The summed E-state index contributed by atoms with van der Waals surface area (Å²) in [5.74, 6) is 2.15. The molecule has 3 nitrogen and oxygen atoms in total. The highest BCUT2D eigenvalue weighted by atomic mass is 15.0. The monoisotopic (exact) mass is 809 g/mol. The molecule has 302 valence electrons. The summed E-state index contributed by atoms with van der Waals surface area (Å²) < 4.78 is 0. The van der Waals surface area contributed by atoms with Crippen LogP contribution in [0.3, 0.4) is 0 Å². The lowest BCUT2D eigenvalue weighted by atomic mass is 9.57. The quantitative estimate of drug-likeness (QED) is 0.166. The van der Waals surface area contributed by atoms with Gasteiger partial charge in [0.25, 0.3) is 0 Å². The molecule has 4 aliphatic rings. The van der Waals surface area contributed by atoms with Gasteiger partial charge in [-0.3, -0.25) is 0 Å². The van der Waals surface area contributed by atoms with Crippen molar-refractivity contribution in [2.75, 3.05) is 0 Å². The van der Waals surface area contributed by atoms with Crippen LogP contribution in [0.2, 0.25) is 0 Å². The van der Waals surface area contributed by atoms with Gasteiger partial charge in [-0.05, 0) is 161 Å². The first-order valence-corrected chi connectivity index (χ1v) is 22.8. The van der Waals surface area contributed by atoms with Crippen LogP contribution >= 0.6 is 0 Å². The SMILES string of the molecule is CC1(C)CCC2(C)c3c1ccc1c3cc(c3ccc4ccccc4c31)-c1cc(-c3nc(C4=CC=CCC4)nc(-c4ccc(-c5cccc6c5CCC=C6)cc4)n3)cc3cccc2c13. The maximum Gasteiger partial charge on any atom is 0.164 e. The van der Waals surface area contributed by atoms with Gasteiger partial charge in [0.15, 0.2) is 17.5 Å². The molecule has 0 saturated carbocycles. The molecule has 3 heteroatoms. The molecule has 8 aromatic carbocycles. The summed E-state index contributed by atoms with van der Waals surface area (Å²) in [6.07, 6.45) is 17.3. The molecule has 1 atom stereocenters. The number of benzene rings is 8. The third-order valence-corrected chi connectivity index (χ3v) is 15.1. The van der Waals surface area contributed by atoms with Crippen LogP contribution in [0.15, 0.2) is 152 Å². The molecular weight excluding hydrogens is 763 g/mol. The number of hydrogen-bond donors (Lipinski definition) is 0. The van der Waals surface area contributed by atoms with Crippen molar-refractivity contribution < 1.29 is 0 Å². The molecule has 0 saturated heterocycles. The number of aromatic nitrogens is 3. The number of nitrogens with zero attached hydrogens (tertiary/aromatic N) is 3. The summed E-state index contributed by atoms with van der Waals surface area (Å²) in [6, 6.07) is 48.3. The first-order chi connectivity index (χ1) is 30.8. The molecule has 0 aliphatic heterocycles. The van der Waals surface area contributed by atoms with Crippen LogP contribution in [0.5, 0.6) is 0 Å². The first-order valence-electron chi connectivity index (χ1n) is 22.8. The van der Waals surface area contributed by atoms with Gasteiger partial charge in [-0.25, -0.2) is 15.0 Å². The number of fused-ring (bicyclic) bond motifs is 4. The summed E-state index contributed by atoms with van der Waals surface area (Å²) in [6.45, 7) is 7.41. The Hall–Kier alpha value is -6.97. The molecule has 13 rings (SSSR count). The fraction of sp³-hybridized carbons (Fsp3) is 0.183. The molecule has 9 aromatic rings. The van der Waals surface area contributed by atoms with E-state index in [4.69, 9.17) is 15.0 Å². The Morgan fingerprint density at radius 3 is 2.14 bits per heavy atom. The predicted molar refractivity (Wildman–Crippen MR) is 264 cm³/mol. The Kier molecular flexibility index (Phi) is 7.86. The molecule has 63 heavy (non-hydrogen) atoms. The van der Waals surface area contributed by atoms with Crippen molar-refractivity contribution in [2.45, 2.75) is 70.1 Å². The van der Waals surface area contributed by atoms with E-state index >= 15 is 0 Å². The second-order valence-corrected chi connectivity index (χ2v) is 19.2. The van der Waals surface area contributed by atoms with Crippen LogP contribution in [0.1, 0.15) is 86.5 Å². The van der Waals surface area contributed by atoms with Crippen molar-refractivity contribution in [1.29, 1.82) is 0 Å². The summed E-state index contributed by atoms with van der Waals surface area (Å²) >= 11 is 0. The minimum atomic E-state index is -0.174. The Balaban J connectivity index is 1.07. The summed E-state index contributed by atoms with van der Waals surface area (Å²) in [5.41, 5.74) is 15.2. The Morgan fingerprint density at radius 1 is 0.492 bits per heavy atom. The van der Waals surface area contributed by atoms with Crippen LogP contribution in [0, 0.1) is 0 Å². The van der Waals surface area contributed by atoms with Crippen LogP contribution in [-0.2, 0) is 17.3 Å². The number of hydrogen-bond acceptors (Lipinski definition) is 3. The van der Waals surface area contributed by atoms with E-state index in [2.05, 4.69) is 179 Å². The van der Waals surface area contributed by atoms with Crippen molar-refractivity contribution in [3.63, 3.8) is 0 Å². The lowest BCUT2D eigenvalue weighted by Crippen LogP contribution is -2.37. The molecule has 0 N–H and O–H groups in total. The van der Waals surface area contributed by atoms with Crippen molar-refractivity contribution in [2.24, 2.45) is 0 Å². The fourth-order valence-electron chi connectivity index (χ4n) is 11.8. The van der Waals surface area contributed by atoms with Crippen molar-refractivity contribution in [3.05, 3.63) is 185 Å². The molecule has 4 bridgehead atoms. The van der Waals surface area contributed by atoms with E-state index in [1.54, 1.807) is 0 Å². The van der Waals surface area contributed by atoms with Gasteiger partial charge in [0, 0.05) is 16.5 Å². The normalized spacial score (nSPS) is 18.2. The van der Waals surface area contributed by atoms with E-state index in [0.29, 0.717) is 11.6 Å². The minimum Gasteiger partial charge on any atom is -0.209 e. The van der Waals surface area contributed by atoms with Gasteiger partial charge in [-0.15, -0.1) is 0 Å². The molecule has 0 radical (unpaired) electrons. The van der Waals surface area contributed by atoms with Crippen LogP contribution < -0.4 is 0 Å². The van der Waals surface area contributed by atoms with Gasteiger partial charge in [-0.1, -0.05) is 160 Å². The van der Waals surface area contributed by atoms with Gasteiger partial charge < -0.3 is 0 Å². The smallest absolute Gasteiger partial charge is 0.164 e. The van der Waals surface area contributed by atoms with Gasteiger partial charge in [0.05, 0.1) is 0 Å². The van der Waals surface area contributed by atoms with E-state index in [0.717, 1.165) is 61.0 Å². The van der Waals surface area contributed by atoms with E-state index < -0.39 is 0 Å². The third kappa shape index (κ3) is 5.48. The van der Waals surface area contributed by atoms with E-state index in [9.17, 15) is 0 Å². The lowest BCUT2D eigenvalue weighted by Gasteiger charge is -2.46. The zero-order valence-corrected chi connectivity index (χ0v) is 36.1. The van der Waals surface area contributed by atoms with Gasteiger partial charge in [0.1, 0.15) is 0 Å². The number of allylic oxidation sites excluding steroid dienone is 5. The number of rotatable bonds is 4. The van der Waals surface area contributed by atoms with E-state index in [1.165, 1.54) is 93.2 Å². The van der Waals surface area contributed by atoms with Crippen LogP contribution in [0.4, 0.5) is 0 Å². The molecular formula is C60H47N3. The van der Waals surface area contributed by atoms with Crippen LogP contribution in [-0.4, -0.2) is 15.0 Å². The largest absolute Gasteiger partial charge is 0.209 e. The first kappa shape index (κ1) is 36.7. The summed E-state index contributed by atoms with van der Waals surface area (Å²) in [4.78, 5) is 15.9. The second-order valence-electron chi connectivity index (χ2n) is 19.2. The highest BCUT2D eigenvalue weighted by Crippen LogP contribution is 2.57. The topological polar surface area (TPSA) is 38.7 Å². The molecule has 4 aliphatic carbocycles. The molecule has 0 spiro atoms. The lowest BCUT2D eigenvalue weighted by molar-refractivity contribution is 0.353. The average Bonchev–Trinajstić information content (AvgIpc) is 3.33. The maximum absolute atomic E-state index is 5.38. The highest BCUT2D eigenvalue weighted by molar-refractivity contribution is 6.26. The van der Waals surface area contributed by atoms with Crippen molar-refractivity contribution in [1.82, 2.24) is 15.0 Å². The Bertz CT molecular complexity index is 3550. The van der Waals surface area contributed by atoms with Crippen molar-refractivity contribution >= 4 is 54.7 Å². The average molecular weight is 810 g/mol. The van der Waals surface area contributed by atoms with Gasteiger partial charge in [-0.2, -0.15) is 0 Å². The molecule has 0 fully saturated rings. The third-order valence-electron chi connectivity index (χ3n) is 15.1. The Labute approximate surface area is 368 Å². The maximum atomic E-state index is 5.38. The van der Waals surface area contributed by atoms with Crippen molar-refractivity contribution in [3.8, 4) is 45.0 Å². The highest BCUT2D eigenvalue weighted by Gasteiger charge is 2.44. The van der Waals surface area contributed by atoms with E-state index in [-0.39, 0.29) is 10.8 Å². The van der Waals surface area contributed by atoms with Crippen LogP contribution in [0.25, 0.3) is 99.8 Å². The zero-order chi connectivity index (χ0) is 42.0. The summed E-state index contributed by atoms with van der Waals surface area (Å²) in [7, 11) is 0. The fourth-order valence-corrected chi connectivity index (χ4v) is 11.8. The predicted octanol–water partition coefficient (Wildman–Crippen LogP) is 15.5. The second kappa shape index (κ2) is 13.5. The zero-order valence-electron chi connectivity index (χ0n) is 36.1. The standard InChI is InChI=1S/C60H47N3/c1-59(2)31-32-60(3)51-22-12-18-41-33-42(34-49(53(41)51)48-35-50-47(29-30-52(59)55(50)60)54-45-20-10-8-14-37(45)27-28-46(48)54)58-62-56(39-15-5-4-6-16-39)61-57(63-58)40-25-23-38(24-26-40)44-21-11-17-36-13-7-9-19-43(36)44/h4-5,7-8,10-15,17-18,20-30,33-35H,6,9,16,19,31-32H2,1-3H3. The molecule has 1 heterocycles. The molecule has 1 unspecified atom stereocenters. The van der Waals surface area contributed by atoms with Gasteiger partial charge in [0.2, 0.25) is 0 Å². The minimum absolute atomic E-state index is 0.0766.